The van der Waals surface area contributed by atoms with Crippen molar-refractivity contribution in [2.45, 2.75) is 32.9 Å². The molecule has 0 bridgehead atoms. The van der Waals surface area contributed by atoms with Crippen LogP contribution in [0.4, 0.5) is 11.4 Å². The van der Waals surface area contributed by atoms with Gasteiger partial charge in [0.1, 0.15) is 12.6 Å². The van der Waals surface area contributed by atoms with Crippen LogP contribution in [0, 0.1) is 20.8 Å². The van der Waals surface area contributed by atoms with Crippen molar-refractivity contribution in [3.63, 3.8) is 0 Å². The molecule has 0 radical (unpaired) electrons. The van der Waals surface area contributed by atoms with E-state index in [0.717, 1.165) is 34.0 Å². The number of anilines is 2. The van der Waals surface area contributed by atoms with Crippen molar-refractivity contribution in [1.82, 2.24) is 14.9 Å². The van der Waals surface area contributed by atoms with Crippen LogP contribution in [0.15, 0.2) is 79.1 Å². The molecule has 1 aliphatic heterocycles. The number of nitrogens with one attached hydrogen (secondary N) is 2. The maximum atomic E-state index is 12.1. The molecule has 7 nitrogen and oxygen atoms in total. The second-order valence-electron chi connectivity index (χ2n) is 9.55. The lowest BCUT2D eigenvalue weighted by Crippen LogP contribution is -2.30. The zero-order chi connectivity index (χ0) is 26.8. The van der Waals surface area contributed by atoms with Gasteiger partial charge in [-0.15, -0.1) is 0 Å². The van der Waals surface area contributed by atoms with Crippen LogP contribution in [0.5, 0.6) is 0 Å². The number of benzene rings is 2. The van der Waals surface area contributed by atoms with E-state index in [4.69, 9.17) is 17.0 Å². The summed E-state index contributed by atoms with van der Waals surface area (Å²) in [6.07, 6.45) is 3.90. The summed E-state index contributed by atoms with van der Waals surface area (Å²) < 4.78 is 7.18. The molecule has 0 aliphatic carbocycles. The molecule has 5 rings (SSSR count). The summed E-state index contributed by atoms with van der Waals surface area (Å²) >= 11 is 5.92. The van der Waals surface area contributed by atoms with Crippen LogP contribution in [0.2, 0.25) is 0 Å². The lowest BCUT2D eigenvalue weighted by Gasteiger charge is -2.29. The average molecular weight is 526 g/mol. The number of hydrogen-bond acceptors (Lipinski definition) is 4. The Balaban J connectivity index is 1.59. The SMILES string of the molecule is COCC(=O)Nc1ccc(N2C(=S)N[C@H](c3ccccn3)[C@@H]2c2cccn2-c2ccc(C)c(C)c2)cc1C. The molecular formula is C30H31N5O2S. The molecule has 8 heteroatoms. The van der Waals surface area contributed by atoms with Gasteiger partial charge in [0, 0.05) is 42.3 Å². The van der Waals surface area contributed by atoms with Gasteiger partial charge in [0.05, 0.1) is 11.7 Å². The number of nitrogens with zero attached hydrogens (tertiary/aromatic N) is 3. The molecule has 1 saturated heterocycles. The van der Waals surface area contributed by atoms with Crippen LogP contribution in [-0.2, 0) is 9.53 Å². The number of carbonyl (C=O) groups excluding carboxylic acids is 1. The maximum Gasteiger partial charge on any atom is 0.250 e. The van der Waals surface area contributed by atoms with E-state index >= 15 is 0 Å². The zero-order valence-corrected chi connectivity index (χ0v) is 22.8. The predicted molar refractivity (Wildman–Crippen MR) is 155 cm³/mol. The molecule has 38 heavy (non-hydrogen) atoms. The molecule has 2 aromatic heterocycles. The minimum absolute atomic E-state index is 0.00459. The van der Waals surface area contributed by atoms with Crippen molar-refractivity contribution in [2.75, 3.05) is 23.9 Å². The lowest BCUT2D eigenvalue weighted by atomic mass is 10.00. The summed E-state index contributed by atoms with van der Waals surface area (Å²) in [6.45, 7) is 6.23. The number of aromatic nitrogens is 2. The highest BCUT2D eigenvalue weighted by Gasteiger charge is 2.42. The standard InChI is InChI=1S/C30H31N5O2S/c1-19-10-11-22(16-20(19)2)34-15-7-9-26(34)29-28(25-8-5-6-14-31-25)33-30(38)35(29)23-12-13-24(21(3)17-23)32-27(36)18-37-4/h5-17,28-29H,18H2,1-4H3,(H,32,36)(H,33,38)/t28-,29+/m1/s1. The van der Waals surface area contributed by atoms with Gasteiger partial charge in [-0.3, -0.25) is 9.78 Å². The van der Waals surface area contributed by atoms with Crippen LogP contribution < -0.4 is 15.5 Å². The first-order chi connectivity index (χ1) is 18.4. The highest BCUT2D eigenvalue weighted by molar-refractivity contribution is 7.80. The van der Waals surface area contributed by atoms with Gasteiger partial charge in [0.25, 0.3) is 0 Å². The number of thiocarbonyl (C=S) groups is 1. The van der Waals surface area contributed by atoms with Crippen molar-refractivity contribution >= 4 is 34.6 Å². The topological polar surface area (TPSA) is 71.4 Å². The highest BCUT2D eigenvalue weighted by atomic mass is 32.1. The smallest absolute Gasteiger partial charge is 0.250 e. The molecule has 1 amide bonds. The number of pyridine rings is 1. The number of amides is 1. The normalized spacial score (nSPS) is 16.9. The minimum atomic E-state index is -0.193. The van der Waals surface area contributed by atoms with Crippen LogP contribution in [-0.4, -0.2) is 34.3 Å². The molecule has 4 aromatic rings. The first-order valence-electron chi connectivity index (χ1n) is 12.5. The number of ether oxygens (including phenoxy) is 1. The summed E-state index contributed by atoms with van der Waals surface area (Å²) in [5.74, 6) is -0.193. The fourth-order valence-corrected chi connectivity index (χ4v) is 5.28. The Kier molecular flexibility index (Phi) is 7.26. The third-order valence-corrected chi connectivity index (χ3v) is 7.30. The fourth-order valence-electron chi connectivity index (χ4n) is 4.93. The third kappa shape index (κ3) is 4.92. The van der Waals surface area contributed by atoms with Crippen LogP contribution in [0.1, 0.15) is 40.2 Å². The molecule has 0 unspecified atom stereocenters. The third-order valence-electron chi connectivity index (χ3n) is 6.99. The minimum Gasteiger partial charge on any atom is -0.375 e. The van der Waals surface area contributed by atoms with Gasteiger partial charge >= 0.3 is 0 Å². The van der Waals surface area contributed by atoms with E-state index in [1.165, 1.54) is 18.2 Å². The largest absolute Gasteiger partial charge is 0.375 e. The summed E-state index contributed by atoms with van der Waals surface area (Å²) in [7, 11) is 1.50. The van der Waals surface area contributed by atoms with E-state index < -0.39 is 0 Å². The van der Waals surface area contributed by atoms with E-state index in [0.29, 0.717) is 5.11 Å². The van der Waals surface area contributed by atoms with Crippen LogP contribution >= 0.6 is 12.2 Å². The molecule has 194 valence electrons. The number of methoxy groups -OCH3 is 1. The number of carbonyl (C=O) groups is 1. The molecule has 0 spiro atoms. The monoisotopic (exact) mass is 525 g/mol. The van der Waals surface area contributed by atoms with E-state index in [1.807, 2.05) is 49.5 Å². The van der Waals surface area contributed by atoms with Crippen molar-refractivity contribution < 1.29 is 9.53 Å². The fraction of sp³-hybridized carbons (Fsp3) is 0.233. The van der Waals surface area contributed by atoms with Gasteiger partial charge in [-0.05, 0) is 104 Å². The van der Waals surface area contributed by atoms with Gasteiger partial charge in [0.15, 0.2) is 5.11 Å². The van der Waals surface area contributed by atoms with Gasteiger partial charge in [0.2, 0.25) is 5.91 Å². The van der Waals surface area contributed by atoms with Crippen molar-refractivity contribution in [1.29, 1.82) is 0 Å². The van der Waals surface area contributed by atoms with Crippen molar-refractivity contribution in [3.05, 3.63) is 107 Å². The second kappa shape index (κ2) is 10.8. The summed E-state index contributed by atoms with van der Waals surface area (Å²) in [5, 5.41) is 7.06. The molecule has 0 saturated carbocycles. The Morgan fingerprint density at radius 3 is 2.50 bits per heavy atom. The summed E-state index contributed by atoms with van der Waals surface area (Å²) in [5.41, 5.74) is 8.19. The molecule has 1 aliphatic rings. The Hall–Kier alpha value is -4.01. The van der Waals surface area contributed by atoms with Crippen LogP contribution in [0.25, 0.3) is 5.69 Å². The van der Waals surface area contributed by atoms with Crippen molar-refractivity contribution in [3.8, 4) is 5.69 Å². The first kappa shape index (κ1) is 25.6. The van der Waals surface area contributed by atoms with Gasteiger partial charge < -0.3 is 24.8 Å². The highest BCUT2D eigenvalue weighted by Crippen LogP contribution is 2.43. The molecule has 1 fully saturated rings. The molecule has 3 heterocycles. The maximum absolute atomic E-state index is 12.1. The zero-order valence-electron chi connectivity index (χ0n) is 21.9. The molecule has 2 N–H and O–H groups in total. The number of rotatable bonds is 7. The predicted octanol–water partition coefficient (Wildman–Crippen LogP) is 5.56. The molecule has 2 atom stereocenters. The lowest BCUT2D eigenvalue weighted by molar-refractivity contribution is -0.119. The van der Waals surface area contributed by atoms with Crippen molar-refractivity contribution in [2.24, 2.45) is 0 Å². The Labute approximate surface area is 228 Å². The summed E-state index contributed by atoms with van der Waals surface area (Å²) in [4.78, 5) is 18.9. The number of hydrogen-bond donors (Lipinski definition) is 2. The van der Waals surface area contributed by atoms with Gasteiger partial charge in [-0.1, -0.05) is 12.1 Å². The van der Waals surface area contributed by atoms with Gasteiger partial charge in [-0.25, -0.2) is 0 Å². The quantitative estimate of drug-likeness (QED) is 0.308. The van der Waals surface area contributed by atoms with E-state index in [9.17, 15) is 4.79 Å². The number of aryl methyl sites for hydroxylation is 3. The van der Waals surface area contributed by atoms with E-state index in [1.54, 1.807) is 0 Å². The van der Waals surface area contributed by atoms with E-state index in [2.05, 4.69) is 75.5 Å². The van der Waals surface area contributed by atoms with Gasteiger partial charge in [-0.2, -0.15) is 0 Å². The molecule has 2 aromatic carbocycles. The molecular weight excluding hydrogens is 494 g/mol. The van der Waals surface area contributed by atoms with Crippen LogP contribution in [0.3, 0.4) is 0 Å². The van der Waals surface area contributed by atoms with E-state index in [-0.39, 0.29) is 24.6 Å². The first-order valence-corrected chi connectivity index (χ1v) is 12.9. The Morgan fingerprint density at radius 2 is 1.79 bits per heavy atom. The Morgan fingerprint density at radius 1 is 1.00 bits per heavy atom. The Bertz CT molecular complexity index is 1480. The average Bonchev–Trinajstić information content (AvgIpc) is 3.52. The second-order valence-corrected chi connectivity index (χ2v) is 9.94. The summed E-state index contributed by atoms with van der Waals surface area (Å²) in [6, 6.07) is 22.3.